The molecule has 0 radical (unpaired) electrons. The molecule has 0 atom stereocenters. The van der Waals surface area contributed by atoms with Gasteiger partial charge in [-0.1, -0.05) is 43.2 Å². The molecule has 0 saturated heterocycles. The summed E-state index contributed by atoms with van der Waals surface area (Å²) in [4.78, 5) is 6.19. The van der Waals surface area contributed by atoms with Crippen LogP contribution in [0.5, 0.6) is 0 Å². The van der Waals surface area contributed by atoms with E-state index in [1.165, 1.54) is 30.6 Å². The Bertz CT molecular complexity index is 1050. The first-order valence-electron chi connectivity index (χ1n) is 10.8. The quantitative estimate of drug-likeness (QED) is 0.429. The topological polar surface area (TPSA) is 55.1 Å². The summed E-state index contributed by atoms with van der Waals surface area (Å²) in [6.07, 6.45) is 7.55. The summed E-state index contributed by atoms with van der Waals surface area (Å²) >= 11 is 1.75. The number of rotatable bonds is 8. The molecule has 1 aliphatic carbocycles. The van der Waals surface area contributed by atoms with Crippen molar-refractivity contribution in [2.75, 3.05) is 12.8 Å². The number of nitrogens with zero attached hydrogens (tertiary/aromatic N) is 4. The van der Waals surface area contributed by atoms with Crippen LogP contribution in [0.4, 0.5) is 0 Å². The Hall–Kier alpha value is -2.44. The number of fused-ring (bicyclic) bond motifs is 3. The van der Waals surface area contributed by atoms with Gasteiger partial charge in [0.1, 0.15) is 6.54 Å². The molecule has 1 aromatic heterocycles. The lowest BCUT2D eigenvalue weighted by Gasteiger charge is -2.15. The van der Waals surface area contributed by atoms with E-state index in [1.54, 1.807) is 11.8 Å². The van der Waals surface area contributed by atoms with Crippen molar-refractivity contribution in [2.24, 2.45) is 10.9 Å². The third kappa shape index (κ3) is 4.07. The zero-order chi connectivity index (χ0) is 20.3. The zero-order valence-corrected chi connectivity index (χ0v) is 18.2. The molecule has 2 heterocycles. The van der Waals surface area contributed by atoms with Gasteiger partial charge in [0.05, 0.1) is 17.9 Å². The zero-order valence-electron chi connectivity index (χ0n) is 17.3. The molecule has 5 rings (SSSR count). The average Bonchev–Trinajstić information content (AvgIpc) is 3.56. The van der Waals surface area contributed by atoms with Gasteiger partial charge >= 0.3 is 0 Å². The maximum Gasteiger partial charge on any atom is 0.159 e. The van der Waals surface area contributed by atoms with Crippen LogP contribution in [0.3, 0.4) is 0 Å². The van der Waals surface area contributed by atoms with E-state index in [2.05, 4.69) is 68.8 Å². The fraction of sp³-hybridized carbons (Fsp3) is 0.375. The molecular formula is C24H27N5S. The summed E-state index contributed by atoms with van der Waals surface area (Å²) in [7, 11) is 0. The first kappa shape index (κ1) is 19.5. The highest BCUT2D eigenvalue weighted by Gasteiger charge is 2.23. The highest BCUT2D eigenvalue weighted by atomic mass is 32.2. The minimum Gasteiger partial charge on any atom is -0.310 e. The third-order valence-electron chi connectivity index (χ3n) is 5.87. The van der Waals surface area contributed by atoms with Gasteiger partial charge < -0.3 is 5.32 Å². The van der Waals surface area contributed by atoms with Crippen LogP contribution in [0.15, 0.2) is 58.4 Å². The Morgan fingerprint density at radius 2 is 1.97 bits per heavy atom. The Morgan fingerprint density at radius 1 is 1.10 bits per heavy atom. The van der Waals surface area contributed by atoms with Crippen LogP contribution in [-0.4, -0.2) is 33.3 Å². The molecule has 0 spiro atoms. The summed E-state index contributed by atoms with van der Waals surface area (Å²) in [5, 5.41) is 12.6. The van der Waals surface area contributed by atoms with Gasteiger partial charge in [-0.15, -0.1) is 22.0 Å². The van der Waals surface area contributed by atoms with Crippen molar-refractivity contribution in [3.63, 3.8) is 0 Å². The fourth-order valence-corrected chi connectivity index (χ4v) is 4.52. The van der Waals surface area contributed by atoms with Crippen molar-refractivity contribution in [3.8, 4) is 5.69 Å². The third-order valence-corrected chi connectivity index (χ3v) is 6.59. The van der Waals surface area contributed by atoms with Crippen LogP contribution >= 0.6 is 11.8 Å². The molecule has 6 heteroatoms. The normalized spacial score (nSPS) is 15.3. The molecule has 1 saturated carbocycles. The number of aliphatic imine (C=N–C) groups is 1. The minimum absolute atomic E-state index is 0.530. The van der Waals surface area contributed by atoms with Crippen molar-refractivity contribution in [3.05, 3.63) is 71.3 Å². The lowest BCUT2D eigenvalue weighted by molar-refractivity contribution is 0.579. The number of thioether (sulfide) groups is 1. The van der Waals surface area contributed by atoms with Crippen molar-refractivity contribution in [1.82, 2.24) is 20.1 Å². The average molecular weight is 418 g/mol. The minimum atomic E-state index is 0.530. The van der Waals surface area contributed by atoms with Gasteiger partial charge in [-0.25, -0.2) is 0 Å². The van der Waals surface area contributed by atoms with Gasteiger partial charge in [0.15, 0.2) is 11.6 Å². The molecule has 1 N–H and O–H groups in total. The maximum atomic E-state index is 4.96. The second-order valence-electron chi connectivity index (χ2n) is 8.04. The second-order valence-corrected chi connectivity index (χ2v) is 8.92. The molecule has 0 bridgehead atoms. The lowest BCUT2D eigenvalue weighted by Crippen LogP contribution is -2.19. The summed E-state index contributed by atoms with van der Waals surface area (Å²) in [6.45, 7) is 2.28. The van der Waals surface area contributed by atoms with E-state index in [0.29, 0.717) is 6.54 Å². The largest absolute Gasteiger partial charge is 0.310 e. The van der Waals surface area contributed by atoms with Gasteiger partial charge in [-0.05, 0) is 49.8 Å². The lowest BCUT2D eigenvalue weighted by atomic mass is 10.0. The predicted octanol–water partition coefficient (Wildman–Crippen LogP) is 4.62. The number of benzene rings is 2. The van der Waals surface area contributed by atoms with E-state index < -0.39 is 0 Å². The summed E-state index contributed by atoms with van der Waals surface area (Å²) in [5.41, 5.74) is 4.41. The van der Waals surface area contributed by atoms with E-state index in [9.17, 15) is 0 Å². The van der Waals surface area contributed by atoms with Crippen LogP contribution in [0.25, 0.3) is 5.69 Å². The summed E-state index contributed by atoms with van der Waals surface area (Å²) in [6, 6.07) is 17.0. The Labute approximate surface area is 182 Å². The molecule has 3 aromatic rings. The van der Waals surface area contributed by atoms with Gasteiger partial charge in [-0.2, -0.15) is 0 Å². The first-order chi connectivity index (χ1) is 14.8. The van der Waals surface area contributed by atoms with E-state index in [1.807, 2.05) is 6.07 Å². The molecule has 5 nitrogen and oxygen atoms in total. The summed E-state index contributed by atoms with van der Waals surface area (Å²) in [5.74, 6) is 2.84. The molecule has 0 unspecified atom stereocenters. The molecule has 1 fully saturated rings. The van der Waals surface area contributed by atoms with Gasteiger partial charge in [-0.3, -0.25) is 9.56 Å². The van der Waals surface area contributed by atoms with E-state index in [-0.39, 0.29) is 0 Å². The highest BCUT2D eigenvalue weighted by molar-refractivity contribution is 7.98. The Morgan fingerprint density at radius 3 is 2.77 bits per heavy atom. The second kappa shape index (κ2) is 8.74. The smallest absolute Gasteiger partial charge is 0.159 e. The molecule has 2 aromatic carbocycles. The SMILES string of the molecule is CSc1ccc2c(c1)C(c1ccccc1)=NCc1nnc(CNCCCC3CC3)n1-2. The number of hydrogen-bond donors (Lipinski definition) is 1. The van der Waals surface area contributed by atoms with Crippen LogP contribution in [0, 0.1) is 5.92 Å². The van der Waals surface area contributed by atoms with Crippen molar-refractivity contribution < 1.29 is 0 Å². The number of hydrogen-bond acceptors (Lipinski definition) is 5. The highest BCUT2D eigenvalue weighted by Crippen LogP contribution is 2.33. The van der Waals surface area contributed by atoms with E-state index >= 15 is 0 Å². The fourth-order valence-electron chi connectivity index (χ4n) is 4.08. The van der Waals surface area contributed by atoms with Crippen LogP contribution in [0.2, 0.25) is 0 Å². The van der Waals surface area contributed by atoms with Crippen LogP contribution < -0.4 is 5.32 Å². The van der Waals surface area contributed by atoms with E-state index in [0.717, 1.165) is 53.2 Å². The molecule has 154 valence electrons. The standard InChI is InChI=1S/C24H27N5S/c1-30-19-11-12-21-20(14-19)24(18-7-3-2-4-8-18)26-16-23-28-27-22(29(21)23)15-25-13-5-6-17-9-10-17/h2-4,7-8,11-12,14,17,25H,5-6,9-10,13,15-16H2,1H3. The molecule has 2 aliphatic rings. The molecule has 30 heavy (non-hydrogen) atoms. The van der Waals surface area contributed by atoms with E-state index in [4.69, 9.17) is 4.99 Å². The molecule has 1 aliphatic heterocycles. The van der Waals surface area contributed by atoms with Gasteiger partial charge in [0.25, 0.3) is 0 Å². The van der Waals surface area contributed by atoms with Crippen LogP contribution in [-0.2, 0) is 13.1 Å². The number of aromatic nitrogens is 3. The molecular weight excluding hydrogens is 390 g/mol. The van der Waals surface area contributed by atoms with Crippen molar-refractivity contribution >= 4 is 17.5 Å². The first-order valence-corrected chi connectivity index (χ1v) is 12.0. The van der Waals surface area contributed by atoms with Crippen LogP contribution in [0.1, 0.15) is 48.5 Å². The monoisotopic (exact) mass is 417 g/mol. The Balaban J connectivity index is 1.46. The van der Waals surface area contributed by atoms with Crippen molar-refractivity contribution in [1.29, 1.82) is 0 Å². The molecule has 0 amide bonds. The maximum absolute atomic E-state index is 4.96. The Kier molecular flexibility index (Phi) is 5.69. The predicted molar refractivity (Wildman–Crippen MR) is 123 cm³/mol. The van der Waals surface area contributed by atoms with Crippen molar-refractivity contribution in [2.45, 2.75) is 43.7 Å². The summed E-state index contributed by atoms with van der Waals surface area (Å²) < 4.78 is 2.20. The number of nitrogens with one attached hydrogen (secondary N) is 1. The van der Waals surface area contributed by atoms with Gasteiger partial charge in [0.2, 0.25) is 0 Å². The van der Waals surface area contributed by atoms with Gasteiger partial charge in [0, 0.05) is 16.0 Å².